The van der Waals surface area contributed by atoms with E-state index in [-0.39, 0.29) is 24.6 Å². The second-order valence-corrected chi connectivity index (χ2v) is 11.1. The molecule has 0 saturated carbocycles. The molecule has 0 radical (unpaired) electrons. The van der Waals surface area contributed by atoms with E-state index < -0.39 is 22.4 Å². The molecule has 1 aromatic carbocycles. The third-order valence-electron chi connectivity index (χ3n) is 2.80. The van der Waals surface area contributed by atoms with Crippen molar-refractivity contribution in [2.75, 3.05) is 26.4 Å². The fraction of sp³-hybridized carbons (Fsp3) is 0.462. The summed E-state index contributed by atoms with van der Waals surface area (Å²) >= 11 is 5.15. The monoisotopic (exact) mass is 380 g/mol. The molecule has 1 aromatic rings. The number of carbonyl (C=O) groups is 1. The topological polar surface area (TPSA) is 105 Å². The Bertz CT molecular complexity index is 676. The number of benzene rings is 1. The molecule has 0 heterocycles. The van der Waals surface area contributed by atoms with Crippen molar-refractivity contribution in [2.45, 2.75) is 18.2 Å². The van der Waals surface area contributed by atoms with Crippen LogP contribution in [0.4, 0.5) is 0 Å². The van der Waals surface area contributed by atoms with E-state index in [0.717, 1.165) is 5.56 Å². The highest BCUT2D eigenvalue weighted by Gasteiger charge is 2.14. The molecule has 0 spiro atoms. The van der Waals surface area contributed by atoms with E-state index in [1.807, 2.05) is 6.92 Å². The molecule has 1 rings (SSSR count). The van der Waals surface area contributed by atoms with Crippen molar-refractivity contribution < 1.29 is 22.8 Å². The van der Waals surface area contributed by atoms with Gasteiger partial charge >= 0.3 is 5.97 Å². The Kier molecular flexibility index (Phi) is 7.79. The van der Waals surface area contributed by atoms with Gasteiger partial charge in [-0.05, 0) is 25.5 Å². The lowest BCUT2D eigenvalue weighted by Gasteiger charge is -2.17. The van der Waals surface area contributed by atoms with Gasteiger partial charge in [0.2, 0.25) is 10.0 Å². The summed E-state index contributed by atoms with van der Waals surface area (Å²) in [5.74, 6) is -1.00. The van der Waals surface area contributed by atoms with Crippen molar-refractivity contribution in [1.29, 1.82) is 0 Å². The molecule has 23 heavy (non-hydrogen) atoms. The molecule has 0 aliphatic rings. The van der Waals surface area contributed by atoms with Gasteiger partial charge in [0, 0.05) is 13.2 Å². The van der Waals surface area contributed by atoms with Crippen molar-refractivity contribution in [2.24, 2.45) is 0 Å². The highest BCUT2D eigenvalue weighted by Crippen LogP contribution is 2.37. The molecule has 130 valence electrons. The molecular weight excluding hydrogens is 359 g/mol. The van der Waals surface area contributed by atoms with Gasteiger partial charge in [-0.25, -0.2) is 13.1 Å². The summed E-state index contributed by atoms with van der Waals surface area (Å²) in [6, 6.07) is 6.57. The van der Waals surface area contributed by atoms with Crippen molar-refractivity contribution in [3.63, 3.8) is 0 Å². The largest absolute Gasteiger partial charge is 0.480 e. The summed E-state index contributed by atoms with van der Waals surface area (Å²) in [5.41, 5.74) is 0.986. The Morgan fingerprint density at radius 1 is 1.35 bits per heavy atom. The van der Waals surface area contributed by atoms with Crippen LogP contribution in [0.25, 0.3) is 0 Å². The highest BCUT2D eigenvalue weighted by atomic mass is 32.4. The average Bonchev–Trinajstić information content (AvgIpc) is 2.45. The lowest BCUT2D eigenvalue weighted by atomic mass is 10.2. The van der Waals surface area contributed by atoms with Crippen molar-refractivity contribution in [1.82, 2.24) is 9.81 Å². The fourth-order valence-corrected chi connectivity index (χ4v) is 4.06. The second-order valence-electron chi connectivity index (χ2n) is 4.97. The van der Waals surface area contributed by atoms with E-state index in [2.05, 4.69) is 9.81 Å². The Morgan fingerprint density at radius 3 is 2.52 bits per heavy atom. The molecule has 0 bridgehead atoms. The van der Waals surface area contributed by atoms with Crippen LogP contribution in [0.2, 0.25) is 0 Å². The van der Waals surface area contributed by atoms with Gasteiger partial charge in [-0.1, -0.05) is 29.5 Å². The standard InChI is InChI=1S/C13H21N2O5PS2/c1-11-4-6-12(7-5-11)23(18,19)15-8-3-9-20-21(2,22)14-10-13(16)17/h4-7,15H,3,8-10H2,1-2H3,(H,14,22)(H,16,17). The first kappa shape index (κ1) is 20.2. The molecule has 3 N–H and O–H groups in total. The Hall–Kier alpha value is -0.830. The minimum Gasteiger partial charge on any atom is -0.480 e. The minimum atomic E-state index is -3.53. The lowest BCUT2D eigenvalue weighted by Crippen LogP contribution is -2.26. The van der Waals surface area contributed by atoms with Crippen LogP contribution in [0, 0.1) is 6.92 Å². The molecule has 0 aliphatic heterocycles. The van der Waals surface area contributed by atoms with Crippen LogP contribution >= 0.6 is 6.42 Å². The summed E-state index contributed by atoms with van der Waals surface area (Å²) < 4.78 is 32.0. The predicted molar refractivity (Wildman–Crippen MR) is 92.8 cm³/mol. The summed E-state index contributed by atoms with van der Waals surface area (Å²) in [4.78, 5) is 10.7. The van der Waals surface area contributed by atoms with Gasteiger partial charge in [0.05, 0.1) is 18.0 Å². The number of carboxylic acid groups (broad SMARTS) is 1. The first-order valence-corrected chi connectivity index (χ1v) is 11.5. The quantitative estimate of drug-likeness (QED) is 0.415. The van der Waals surface area contributed by atoms with Crippen LogP contribution in [0.15, 0.2) is 29.2 Å². The van der Waals surface area contributed by atoms with Gasteiger partial charge in [0.1, 0.15) is 6.42 Å². The molecule has 1 unspecified atom stereocenters. The molecule has 10 heteroatoms. The third-order valence-corrected chi connectivity index (χ3v) is 6.39. The Balaban J connectivity index is 2.35. The summed E-state index contributed by atoms with van der Waals surface area (Å²) in [6.45, 7) is 3.73. The Labute approximate surface area is 141 Å². The lowest BCUT2D eigenvalue weighted by molar-refractivity contribution is -0.135. The van der Waals surface area contributed by atoms with Gasteiger partial charge in [-0.15, -0.1) is 0 Å². The van der Waals surface area contributed by atoms with Gasteiger partial charge in [-0.3, -0.25) is 9.88 Å². The van der Waals surface area contributed by atoms with Gasteiger partial charge in [0.15, 0.2) is 0 Å². The Morgan fingerprint density at radius 2 is 1.96 bits per heavy atom. The van der Waals surface area contributed by atoms with Gasteiger partial charge < -0.3 is 9.63 Å². The van der Waals surface area contributed by atoms with E-state index in [1.54, 1.807) is 30.9 Å². The normalized spacial score (nSPS) is 14.3. The molecule has 0 aliphatic carbocycles. The van der Waals surface area contributed by atoms with Crippen LogP contribution in [-0.2, 0) is 31.1 Å². The van der Waals surface area contributed by atoms with E-state index in [4.69, 9.17) is 21.4 Å². The van der Waals surface area contributed by atoms with Gasteiger partial charge in [0.25, 0.3) is 0 Å². The number of carboxylic acids is 1. The zero-order valence-electron chi connectivity index (χ0n) is 13.0. The van der Waals surface area contributed by atoms with E-state index >= 15 is 0 Å². The zero-order chi connectivity index (χ0) is 17.5. The number of aryl methyl sites for hydroxylation is 1. The number of hydrogen-bond donors (Lipinski definition) is 3. The summed E-state index contributed by atoms with van der Waals surface area (Å²) in [7, 11) is -3.53. The van der Waals surface area contributed by atoms with E-state index in [9.17, 15) is 13.2 Å². The second kappa shape index (κ2) is 8.86. The maximum Gasteiger partial charge on any atom is 0.317 e. The SMILES string of the molecule is Cc1ccc(S(=O)(=O)NCCCOP(C)(=S)NCC(=O)O)cc1. The van der Waals surface area contributed by atoms with Crippen LogP contribution in [-0.4, -0.2) is 45.9 Å². The number of sulfonamides is 1. The van der Waals surface area contributed by atoms with E-state index in [0.29, 0.717) is 6.42 Å². The maximum absolute atomic E-state index is 12.0. The molecule has 0 aromatic heterocycles. The third kappa shape index (κ3) is 8.01. The number of hydrogen-bond acceptors (Lipinski definition) is 5. The van der Waals surface area contributed by atoms with Gasteiger partial charge in [-0.2, -0.15) is 0 Å². The molecule has 0 fully saturated rings. The smallest absolute Gasteiger partial charge is 0.317 e. The number of nitrogens with one attached hydrogen (secondary N) is 2. The van der Waals surface area contributed by atoms with Crippen LogP contribution in [0.5, 0.6) is 0 Å². The van der Waals surface area contributed by atoms with Crippen molar-refractivity contribution in [3.05, 3.63) is 29.8 Å². The minimum absolute atomic E-state index is 0.213. The molecular formula is C13H21N2O5PS2. The number of rotatable bonds is 10. The fourth-order valence-electron chi connectivity index (χ4n) is 1.58. The zero-order valence-corrected chi connectivity index (χ0v) is 15.5. The van der Waals surface area contributed by atoms with Crippen LogP contribution in [0.3, 0.4) is 0 Å². The van der Waals surface area contributed by atoms with Crippen molar-refractivity contribution in [3.8, 4) is 0 Å². The first-order chi connectivity index (χ1) is 10.6. The van der Waals surface area contributed by atoms with Crippen molar-refractivity contribution >= 4 is 34.2 Å². The molecule has 0 amide bonds. The highest BCUT2D eigenvalue weighted by molar-refractivity contribution is 8.11. The predicted octanol–water partition coefficient (Wildman–Crippen LogP) is 1.29. The van der Waals surface area contributed by atoms with Crippen LogP contribution < -0.4 is 9.81 Å². The van der Waals surface area contributed by atoms with Crippen LogP contribution in [0.1, 0.15) is 12.0 Å². The maximum atomic E-state index is 12.0. The molecule has 7 nitrogen and oxygen atoms in total. The summed E-state index contributed by atoms with van der Waals surface area (Å²) in [6.07, 6.45) is -1.93. The average molecular weight is 380 g/mol. The molecule has 0 saturated heterocycles. The van der Waals surface area contributed by atoms with E-state index in [1.165, 1.54) is 0 Å². The molecule has 1 atom stereocenters. The number of aliphatic carboxylic acids is 1. The first-order valence-electron chi connectivity index (χ1n) is 6.88. The summed E-state index contributed by atoms with van der Waals surface area (Å²) in [5, 5.41) is 11.2.